The van der Waals surface area contributed by atoms with E-state index in [2.05, 4.69) is 46.8 Å². The highest BCUT2D eigenvalue weighted by atomic mass is 79.9. The quantitative estimate of drug-likeness (QED) is 0.638. The van der Waals surface area contributed by atoms with Gasteiger partial charge in [-0.2, -0.15) is 0 Å². The topological polar surface area (TPSA) is 12.9 Å². The normalized spacial score (nSPS) is 15.7. The van der Waals surface area contributed by atoms with Gasteiger partial charge in [0.05, 0.1) is 10.6 Å². The van der Waals surface area contributed by atoms with Crippen LogP contribution in [0.25, 0.3) is 16.0 Å². The van der Waals surface area contributed by atoms with Crippen molar-refractivity contribution in [1.29, 1.82) is 0 Å². The van der Waals surface area contributed by atoms with Gasteiger partial charge in [-0.05, 0) is 43.0 Å². The van der Waals surface area contributed by atoms with Crippen LogP contribution in [0.5, 0.6) is 0 Å². The summed E-state index contributed by atoms with van der Waals surface area (Å²) < 4.78 is 1.12. The van der Waals surface area contributed by atoms with Crippen molar-refractivity contribution in [2.75, 3.05) is 0 Å². The Labute approximate surface area is 132 Å². The van der Waals surface area contributed by atoms with Crippen molar-refractivity contribution >= 4 is 32.8 Å². The van der Waals surface area contributed by atoms with Crippen LogP contribution in [-0.2, 0) is 0 Å². The summed E-state index contributed by atoms with van der Waals surface area (Å²) in [5.41, 5.74) is 3.64. The molecule has 3 rings (SSSR count). The van der Waals surface area contributed by atoms with Crippen LogP contribution in [0.2, 0.25) is 0 Å². The molecule has 0 atom stereocenters. The highest BCUT2D eigenvalue weighted by Crippen LogP contribution is 2.42. The zero-order chi connectivity index (χ0) is 14.1. The van der Waals surface area contributed by atoms with Crippen molar-refractivity contribution in [3.63, 3.8) is 0 Å². The molecule has 1 aromatic heterocycles. The first kappa shape index (κ1) is 14.0. The number of hydrogen-bond acceptors (Lipinski definition) is 2. The van der Waals surface area contributed by atoms with Crippen molar-refractivity contribution in [2.24, 2.45) is 0 Å². The lowest BCUT2D eigenvalue weighted by molar-refractivity contribution is 0.704. The van der Waals surface area contributed by atoms with Crippen LogP contribution in [0.1, 0.15) is 49.2 Å². The lowest BCUT2D eigenvalue weighted by Gasteiger charge is -2.09. The van der Waals surface area contributed by atoms with Gasteiger partial charge in [-0.25, -0.2) is 4.98 Å². The summed E-state index contributed by atoms with van der Waals surface area (Å²) in [6.07, 6.45) is 5.24. The van der Waals surface area contributed by atoms with Gasteiger partial charge >= 0.3 is 0 Å². The predicted octanol–water partition coefficient (Wildman–Crippen LogP) is 6.26. The van der Waals surface area contributed by atoms with Crippen molar-refractivity contribution in [1.82, 2.24) is 4.98 Å². The molecule has 1 aliphatic rings. The van der Waals surface area contributed by atoms with Crippen molar-refractivity contribution < 1.29 is 0 Å². The van der Waals surface area contributed by atoms with Gasteiger partial charge in [-0.15, -0.1) is 11.3 Å². The molecule has 0 aliphatic heterocycles. The molecule has 1 saturated carbocycles. The summed E-state index contributed by atoms with van der Waals surface area (Å²) in [6, 6.07) is 8.57. The molecule has 3 heteroatoms. The van der Waals surface area contributed by atoms with Crippen molar-refractivity contribution in [2.45, 2.75) is 38.5 Å². The summed E-state index contributed by atoms with van der Waals surface area (Å²) in [4.78, 5) is 6.23. The smallest absolute Gasteiger partial charge is 0.119 e. The maximum atomic E-state index is 4.90. The van der Waals surface area contributed by atoms with Gasteiger partial charge in [-0.1, -0.05) is 47.5 Å². The third kappa shape index (κ3) is 2.75. The Balaban J connectivity index is 2.07. The lowest BCUT2D eigenvalue weighted by atomic mass is 10.0. The van der Waals surface area contributed by atoms with Gasteiger partial charge in [0.1, 0.15) is 5.01 Å². The van der Waals surface area contributed by atoms with Gasteiger partial charge < -0.3 is 0 Å². The van der Waals surface area contributed by atoms with Crippen LogP contribution in [0.3, 0.4) is 0 Å². The summed E-state index contributed by atoms with van der Waals surface area (Å²) in [5, 5.41) is 1.09. The molecule has 1 aromatic carbocycles. The van der Waals surface area contributed by atoms with E-state index in [4.69, 9.17) is 4.98 Å². The largest absolute Gasteiger partial charge is 0.241 e. The van der Waals surface area contributed by atoms with Gasteiger partial charge in [0.2, 0.25) is 0 Å². The maximum Gasteiger partial charge on any atom is 0.119 e. The highest BCUT2D eigenvalue weighted by molar-refractivity contribution is 9.10. The molecule has 20 heavy (non-hydrogen) atoms. The zero-order valence-electron chi connectivity index (χ0n) is 11.7. The van der Waals surface area contributed by atoms with E-state index in [0.29, 0.717) is 5.92 Å². The standard InChI is InChI=1S/C17H18BrNS/c1-11(2)17-19-15(12-5-3-4-6-12)16(20-17)13-7-9-14(18)10-8-13/h7-10,12H,1,3-6H2,2H3. The Bertz CT molecular complexity index is 621. The number of aromatic nitrogens is 1. The van der Waals surface area contributed by atoms with Crippen molar-refractivity contribution in [3.8, 4) is 10.4 Å². The van der Waals surface area contributed by atoms with Crippen LogP contribution in [-0.4, -0.2) is 4.98 Å². The fraction of sp³-hybridized carbons (Fsp3) is 0.353. The first-order valence-electron chi connectivity index (χ1n) is 7.07. The number of allylic oxidation sites excluding steroid dienone is 1. The average Bonchev–Trinajstić information content (AvgIpc) is 3.08. The fourth-order valence-corrected chi connectivity index (χ4v) is 4.15. The zero-order valence-corrected chi connectivity index (χ0v) is 14.1. The van der Waals surface area contributed by atoms with Gasteiger partial charge in [-0.3, -0.25) is 0 Å². The minimum atomic E-state index is 0.637. The Hall–Kier alpha value is -0.930. The van der Waals surface area contributed by atoms with Crippen LogP contribution in [0, 0.1) is 0 Å². The van der Waals surface area contributed by atoms with E-state index < -0.39 is 0 Å². The molecule has 1 heterocycles. The second kappa shape index (κ2) is 5.82. The molecule has 1 nitrogen and oxygen atoms in total. The first-order valence-corrected chi connectivity index (χ1v) is 8.68. The second-order valence-electron chi connectivity index (χ2n) is 5.50. The highest BCUT2D eigenvalue weighted by Gasteiger charge is 2.24. The molecule has 0 spiro atoms. The molecule has 0 amide bonds. The molecule has 0 bridgehead atoms. The molecule has 0 radical (unpaired) electrons. The number of thiazole rings is 1. The molecule has 1 fully saturated rings. The van der Waals surface area contributed by atoms with Crippen LogP contribution < -0.4 is 0 Å². The minimum Gasteiger partial charge on any atom is -0.241 e. The van der Waals surface area contributed by atoms with Crippen LogP contribution in [0.4, 0.5) is 0 Å². The Kier molecular flexibility index (Phi) is 4.08. The van der Waals surface area contributed by atoms with E-state index in [0.717, 1.165) is 15.1 Å². The Morgan fingerprint density at radius 2 is 1.90 bits per heavy atom. The second-order valence-corrected chi connectivity index (χ2v) is 7.42. The lowest BCUT2D eigenvalue weighted by Crippen LogP contribution is -1.95. The number of halogens is 1. The van der Waals surface area contributed by atoms with Crippen LogP contribution in [0.15, 0.2) is 35.3 Å². The average molecular weight is 348 g/mol. The summed E-state index contributed by atoms with van der Waals surface area (Å²) in [7, 11) is 0. The molecule has 2 aromatic rings. The van der Waals surface area contributed by atoms with E-state index in [1.165, 1.54) is 41.8 Å². The number of rotatable bonds is 3. The number of nitrogens with zero attached hydrogens (tertiary/aromatic N) is 1. The first-order chi connectivity index (χ1) is 9.65. The molecule has 0 unspecified atom stereocenters. The summed E-state index contributed by atoms with van der Waals surface area (Å²) >= 11 is 5.29. The molecule has 1 aliphatic carbocycles. The van der Waals surface area contributed by atoms with Gasteiger partial charge in [0.25, 0.3) is 0 Å². The van der Waals surface area contributed by atoms with Gasteiger partial charge in [0, 0.05) is 10.4 Å². The molecule has 0 N–H and O–H groups in total. The van der Waals surface area contributed by atoms with E-state index in [1.54, 1.807) is 11.3 Å². The SMILES string of the molecule is C=C(C)c1nc(C2CCCC2)c(-c2ccc(Br)cc2)s1. The van der Waals surface area contributed by atoms with Crippen LogP contribution >= 0.6 is 27.3 Å². The Morgan fingerprint density at radius 1 is 1.25 bits per heavy atom. The maximum absolute atomic E-state index is 4.90. The number of benzene rings is 1. The molecule has 0 saturated heterocycles. The van der Waals surface area contributed by atoms with Gasteiger partial charge in [0.15, 0.2) is 0 Å². The third-order valence-corrected chi connectivity index (χ3v) is 5.68. The number of hydrogen-bond donors (Lipinski definition) is 0. The van der Waals surface area contributed by atoms with Crippen molar-refractivity contribution in [3.05, 3.63) is 46.0 Å². The summed E-state index contributed by atoms with van der Waals surface area (Å²) in [6.45, 7) is 6.10. The summed E-state index contributed by atoms with van der Waals surface area (Å²) in [5.74, 6) is 0.637. The monoisotopic (exact) mass is 347 g/mol. The van der Waals surface area contributed by atoms with E-state index >= 15 is 0 Å². The Morgan fingerprint density at radius 3 is 2.50 bits per heavy atom. The molecular weight excluding hydrogens is 330 g/mol. The third-order valence-electron chi connectivity index (χ3n) is 3.87. The predicted molar refractivity (Wildman–Crippen MR) is 91.2 cm³/mol. The minimum absolute atomic E-state index is 0.637. The fourth-order valence-electron chi connectivity index (χ4n) is 2.80. The van der Waals surface area contributed by atoms with E-state index in [9.17, 15) is 0 Å². The molecule has 104 valence electrons. The molecular formula is C17H18BrNS. The van der Waals surface area contributed by atoms with E-state index in [-0.39, 0.29) is 0 Å². The van der Waals surface area contributed by atoms with E-state index in [1.807, 2.05) is 6.92 Å².